The van der Waals surface area contributed by atoms with Crippen molar-refractivity contribution in [2.75, 3.05) is 18.0 Å². The van der Waals surface area contributed by atoms with Gasteiger partial charge in [-0.05, 0) is 55.5 Å². The lowest BCUT2D eigenvalue weighted by Crippen LogP contribution is -2.47. The lowest BCUT2D eigenvalue weighted by Gasteiger charge is -2.29. The lowest BCUT2D eigenvalue weighted by atomic mass is 10.1. The van der Waals surface area contributed by atoms with Crippen molar-refractivity contribution in [1.29, 1.82) is 0 Å². The van der Waals surface area contributed by atoms with Gasteiger partial charge in [0.05, 0.1) is 5.69 Å². The van der Waals surface area contributed by atoms with Crippen LogP contribution in [0.25, 0.3) is 10.8 Å². The van der Waals surface area contributed by atoms with Crippen molar-refractivity contribution in [3.8, 4) is 0 Å². The highest BCUT2D eigenvalue weighted by Crippen LogP contribution is 2.37. The number of likely N-dealkylation sites (N-methyl/N-ethyl adjacent to an activating group) is 1. The van der Waals surface area contributed by atoms with Gasteiger partial charge in [0, 0.05) is 37.0 Å². The number of nitrogens with one attached hydrogen (secondary N) is 1. The molecule has 0 radical (unpaired) electrons. The van der Waals surface area contributed by atoms with Gasteiger partial charge in [-0.3, -0.25) is 14.4 Å². The van der Waals surface area contributed by atoms with E-state index in [4.69, 9.17) is 0 Å². The standard InChI is InChI=1S/C27H28FN3O3/c1-3-29-26(33)18(2)31(17-19-12-14-21(28)15-13-19)24(32)11-6-16-30-23-10-5-8-20-7-4-9-22(25(20)23)27(30)34/h4-5,7-10,12-15,18H,3,6,11,16-17H2,1-2H3,(H,29,33). The van der Waals surface area contributed by atoms with Crippen LogP contribution >= 0.6 is 0 Å². The van der Waals surface area contributed by atoms with E-state index < -0.39 is 6.04 Å². The molecule has 0 aromatic heterocycles. The number of anilines is 1. The second kappa shape index (κ2) is 10.0. The summed E-state index contributed by atoms with van der Waals surface area (Å²) in [4.78, 5) is 41.9. The van der Waals surface area contributed by atoms with Crippen LogP contribution in [-0.2, 0) is 16.1 Å². The molecule has 1 heterocycles. The fourth-order valence-corrected chi connectivity index (χ4v) is 4.42. The van der Waals surface area contributed by atoms with Gasteiger partial charge in [0.15, 0.2) is 0 Å². The smallest absolute Gasteiger partial charge is 0.258 e. The van der Waals surface area contributed by atoms with Crippen LogP contribution in [0.4, 0.5) is 10.1 Å². The number of hydrogen-bond donors (Lipinski definition) is 1. The minimum atomic E-state index is -0.677. The Morgan fingerprint density at radius 2 is 1.76 bits per heavy atom. The van der Waals surface area contributed by atoms with E-state index in [1.54, 1.807) is 24.0 Å². The average Bonchev–Trinajstić information content (AvgIpc) is 3.11. The maximum Gasteiger partial charge on any atom is 0.258 e. The van der Waals surface area contributed by atoms with Gasteiger partial charge < -0.3 is 15.1 Å². The summed E-state index contributed by atoms with van der Waals surface area (Å²) >= 11 is 0. The second-order valence-electron chi connectivity index (χ2n) is 8.46. The topological polar surface area (TPSA) is 69.7 Å². The molecule has 7 heteroatoms. The zero-order chi connectivity index (χ0) is 24.2. The van der Waals surface area contributed by atoms with Crippen LogP contribution < -0.4 is 10.2 Å². The number of hydrogen-bond acceptors (Lipinski definition) is 3. The molecule has 4 rings (SSSR count). The number of rotatable bonds is 9. The van der Waals surface area contributed by atoms with Crippen LogP contribution in [0.5, 0.6) is 0 Å². The van der Waals surface area contributed by atoms with Gasteiger partial charge in [-0.25, -0.2) is 4.39 Å². The number of carbonyl (C=O) groups is 3. The Morgan fingerprint density at radius 1 is 1.06 bits per heavy atom. The van der Waals surface area contributed by atoms with Crippen molar-refractivity contribution in [3.63, 3.8) is 0 Å². The third-order valence-electron chi connectivity index (χ3n) is 6.21. The largest absolute Gasteiger partial charge is 0.355 e. The molecule has 34 heavy (non-hydrogen) atoms. The molecule has 1 aliphatic rings. The molecule has 0 bridgehead atoms. The SMILES string of the molecule is CCNC(=O)C(C)N(Cc1ccc(F)cc1)C(=O)CCCN1C(=O)c2cccc3cccc1c23. The number of halogens is 1. The first-order chi connectivity index (χ1) is 16.4. The highest BCUT2D eigenvalue weighted by molar-refractivity contribution is 6.25. The summed E-state index contributed by atoms with van der Waals surface area (Å²) in [5, 5.41) is 4.72. The van der Waals surface area contributed by atoms with Crippen molar-refractivity contribution in [2.45, 2.75) is 39.3 Å². The molecule has 1 N–H and O–H groups in total. The molecule has 3 amide bonds. The Balaban J connectivity index is 1.45. The second-order valence-corrected chi connectivity index (χ2v) is 8.46. The fraction of sp³-hybridized carbons (Fsp3) is 0.296. The van der Waals surface area contributed by atoms with E-state index in [-0.39, 0.29) is 36.5 Å². The molecule has 176 valence electrons. The Kier molecular flexibility index (Phi) is 6.91. The molecule has 0 saturated heterocycles. The molecule has 1 aliphatic heterocycles. The maximum absolute atomic E-state index is 13.3. The molecule has 0 spiro atoms. The van der Waals surface area contributed by atoms with Crippen molar-refractivity contribution in [1.82, 2.24) is 10.2 Å². The maximum atomic E-state index is 13.3. The fourth-order valence-electron chi connectivity index (χ4n) is 4.42. The molecule has 3 aromatic rings. The van der Waals surface area contributed by atoms with Crippen LogP contribution in [0.15, 0.2) is 60.7 Å². The van der Waals surface area contributed by atoms with E-state index in [9.17, 15) is 18.8 Å². The van der Waals surface area contributed by atoms with Crippen molar-refractivity contribution in [3.05, 3.63) is 77.6 Å². The van der Waals surface area contributed by atoms with Crippen LogP contribution in [0, 0.1) is 5.82 Å². The molecular formula is C27H28FN3O3. The molecule has 0 saturated carbocycles. The highest BCUT2D eigenvalue weighted by atomic mass is 19.1. The summed E-state index contributed by atoms with van der Waals surface area (Å²) in [6.07, 6.45) is 0.637. The normalized spacial score (nSPS) is 13.3. The number of benzene rings is 3. The van der Waals surface area contributed by atoms with Gasteiger partial charge in [-0.2, -0.15) is 0 Å². The van der Waals surface area contributed by atoms with Gasteiger partial charge in [0.2, 0.25) is 11.8 Å². The van der Waals surface area contributed by atoms with E-state index in [0.29, 0.717) is 25.1 Å². The predicted octanol–water partition coefficient (Wildman–Crippen LogP) is 4.27. The van der Waals surface area contributed by atoms with E-state index in [2.05, 4.69) is 5.32 Å². The monoisotopic (exact) mass is 461 g/mol. The van der Waals surface area contributed by atoms with Gasteiger partial charge in [0.1, 0.15) is 11.9 Å². The van der Waals surface area contributed by atoms with E-state index in [0.717, 1.165) is 22.0 Å². The Hall–Kier alpha value is -3.74. The summed E-state index contributed by atoms with van der Waals surface area (Å²) < 4.78 is 13.3. The Morgan fingerprint density at radius 3 is 2.47 bits per heavy atom. The zero-order valence-corrected chi connectivity index (χ0v) is 19.4. The Labute approximate surface area is 198 Å². The zero-order valence-electron chi connectivity index (χ0n) is 19.4. The quantitative estimate of drug-likeness (QED) is 0.517. The average molecular weight is 462 g/mol. The van der Waals surface area contributed by atoms with Gasteiger partial charge in [-0.15, -0.1) is 0 Å². The van der Waals surface area contributed by atoms with Gasteiger partial charge in [0.25, 0.3) is 5.91 Å². The third kappa shape index (κ3) is 4.64. The summed E-state index contributed by atoms with van der Waals surface area (Å²) in [6, 6.07) is 16.8. The first-order valence-electron chi connectivity index (χ1n) is 11.6. The summed E-state index contributed by atoms with van der Waals surface area (Å²) in [5.41, 5.74) is 2.29. The van der Waals surface area contributed by atoms with E-state index in [1.165, 1.54) is 17.0 Å². The molecule has 3 aromatic carbocycles. The molecule has 1 atom stereocenters. The molecule has 6 nitrogen and oxygen atoms in total. The van der Waals surface area contributed by atoms with Crippen LogP contribution in [0.3, 0.4) is 0 Å². The molecule has 0 fully saturated rings. The number of amides is 3. The minimum absolute atomic E-state index is 0.0573. The highest BCUT2D eigenvalue weighted by Gasteiger charge is 2.30. The van der Waals surface area contributed by atoms with Crippen LogP contribution in [-0.4, -0.2) is 41.8 Å². The lowest BCUT2D eigenvalue weighted by molar-refractivity contribution is -0.140. The van der Waals surface area contributed by atoms with Gasteiger partial charge >= 0.3 is 0 Å². The van der Waals surface area contributed by atoms with Crippen LogP contribution in [0.2, 0.25) is 0 Å². The minimum Gasteiger partial charge on any atom is -0.355 e. The third-order valence-corrected chi connectivity index (χ3v) is 6.21. The summed E-state index contributed by atoms with van der Waals surface area (Å²) in [7, 11) is 0. The van der Waals surface area contributed by atoms with E-state index >= 15 is 0 Å². The summed E-state index contributed by atoms with van der Waals surface area (Å²) in [6.45, 7) is 4.57. The Bertz CT molecular complexity index is 1220. The van der Waals surface area contributed by atoms with Crippen molar-refractivity contribution in [2.24, 2.45) is 0 Å². The van der Waals surface area contributed by atoms with Crippen molar-refractivity contribution < 1.29 is 18.8 Å². The predicted molar refractivity (Wildman–Crippen MR) is 130 cm³/mol. The van der Waals surface area contributed by atoms with Crippen molar-refractivity contribution >= 4 is 34.2 Å². The first-order valence-corrected chi connectivity index (χ1v) is 11.6. The number of nitrogens with zero attached hydrogens (tertiary/aromatic N) is 2. The molecule has 0 aliphatic carbocycles. The first kappa shape index (κ1) is 23.4. The van der Waals surface area contributed by atoms with Crippen LogP contribution in [0.1, 0.15) is 42.6 Å². The number of carbonyl (C=O) groups excluding carboxylic acids is 3. The molecular weight excluding hydrogens is 433 g/mol. The molecule has 1 unspecified atom stereocenters. The van der Waals surface area contributed by atoms with Gasteiger partial charge in [-0.1, -0.05) is 36.4 Å². The summed E-state index contributed by atoms with van der Waals surface area (Å²) in [5.74, 6) is -0.844. The van der Waals surface area contributed by atoms with E-state index in [1.807, 2.05) is 43.3 Å².